The number of rotatable bonds is 2. The van der Waals surface area contributed by atoms with Gasteiger partial charge in [-0.2, -0.15) is 5.10 Å². The molecule has 2 heterocycles. The van der Waals surface area contributed by atoms with Crippen LogP contribution in [0.1, 0.15) is 10.5 Å². The molecule has 2 rings (SSSR count). The highest BCUT2D eigenvalue weighted by atomic mass is 16.1. The lowest BCUT2D eigenvalue weighted by Crippen LogP contribution is -2.13. The van der Waals surface area contributed by atoms with Gasteiger partial charge >= 0.3 is 0 Å². The van der Waals surface area contributed by atoms with E-state index in [4.69, 9.17) is 11.5 Å². The second-order valence-corrected chi connectivity index (χ2v) is 2.97. The van der Waals surface area contributed by atoms with Crippen LogP contribution >= 0.6 is 0 Å². The molecule has 0 fully saturated rings. The molecule has 15 heavy (non-hydrogen) atoms. The van der Waals surface area contributed by atoms with Crippen LogP contribution in [0.2, 0.25) is 0 Å². The fourth-order valence-electron chi connectivity index (χ4n) is 1.26. The van der Waals surface area contributed by atoms with E-state index in [-0.39, 0.29) is 11.4 Å². The fourth-order valence-corrected chi connectivity index (χ4v) is 1.26. The number of aromatic amines is 1. The topological polar surface area (TPSA) is 111 Å². The molecule has 0 aromatic carbocycles. The molecule has 0 bridgehead atoms. The molecule has 6 nitrogen and oxygen atoms in total. The lowest BCUT2D eigenvalue weighted by Gasteiger charge is -1.96. The minimum Gasteiger partial charge on any atom is -0.395 e. The molecule has 6 heteroatoms. The molecule has 5 N–H and O–H groups in total. The highest BCUT2D eigenvalue weighted by molar-refractivity contribution is 5.99. The Bertz CT molecular complexity index is 490. The van der Waals surface area contributed by atoms with E-state index in [1.165, 1.54) is 0 Å². The zero-order chi connectivity index (χ0) is 10.8. The second kappa shape index (κ2) is 3.41. The Morgan fingerprint density at radius 3 is 2.80 bits per heavy atom. The van der Waals surface area contributed by atoms with Crippen molar-refractivity contribution < 1.29 is 4.79 Å². The smallest absolute Gasteiger partial charge is 0.268 e. The summed E-state index contributed by atoms with van der Waals surface area (Å²) in [4.78, 5) is 14.9. The zero-order valence-electron chi connectivity index (χ0n) is 7.77. The molecular weight excluding hydrogens is 194 g/mol. The number of pyridine rings is 1. The maximum absolute atomic E-state index is 10.9. The van der Waals surface area contributed by atoms with Gasteiger partial charge in [-0.25, -0.2) is 0 Å². The molecule has 1 amide bonds. The number of H-pyrrole nitrogens is 1. The number of nitrogens with two attached hydrogens (primary N) is 2. The van der Waals surface area contributed by atoms with Gasteiger partial charge in [0.05, 0.1) is 5.69 Å². The quantitative estimate of drug-likeness (QED) is 0.645. The Kier molecular flexibility index (Phi) is 2.09. The summed E-state index contributed by atoms with van der Waals surface area (Å²) in [6, 6.07) is 3.55. The molecule has 0 saturated heterocycles. The number of nitrogen functional groups attached to an aromatic ring is 1. The predicted molar refractivity (Wildman–Crippen MR) is 54.7 cm³/mol. The van der Waals surface area contributed by atoms with E-state index in [9.17, 15) is 4.79 Å². The summed E-state index contributed by atoms with van der Waals surface area (Å²) < 4.78 is 0. The van der Waals surface area contributed by atoms with Crippen molar-refractivity contribution in [2.45, 2.75) is 0 Å². The maximum atomic E-state index is 10.9. The van der Waals surface area contributed by atoms with Gasteiger partial charge in [-0.15, -0.1) is 0 Å². The number of hydrogen-bond acceptors (Lipinski definition) is 4. The highest BCUT2D eigenvalue weighted by Crippen LogP contribution is 2.24. The van der Waals surface area contributed by atoms with Crippen molar-refractivity contribution in [3.63, 3.8) is 0 Å². The minimum atomic E-state index is -0.629. The van der Waals surface area contributed by atoms with Crippen molar-refractivity contribution in [1.82, 2.24) is 15.2 Å². The maximum Gasteiger partial charge on any atom is 0.268 e. The number of carbonyl (C=O) groups excluding carboxylic acids is 1. The monoisotopic (exact) mass is 203 g/mol. The second-order valence-electron chi connectivity index (χ2n) is 2.97. The van der Waals surface area contributed by atoms with E-state index < -0.39 is 5.91 Å². The first kappa shape index (κ1) is 9.20. The summed E-state index contributed by atoms with van der Waals surface area (Å²) in [6.07, 6.45) is 3.25. The van der Waals surface area contributed by atoms with Gasteiger partial charge in [-0.05, 0) is 12.1 Å². The van der Waals surface area contributed by atoms with E-state index in [1.54, 1.807) is 24.5 Å². The number of anilines is 1. The van der Waals surface area contributed by atoms with Gasteiger partial charge in [0.1, 0.15) is 11.4 Å². The van der Waals surface area contributed by atoms with Crippen molar-refractivity contribution in [2.75, 3.05) is 5.73 Å². The third kappa shape index (κ3) is 1.52. The van der Waals surface area contributed by atoms with Crippen LogP contribution in [0, 0.1) is 0 Å². The Morgan fingerprint density at radius 1 is 1.47 bits per heavy atom. The van der Waals surface area contributed by atoms with Gasteiger partial charge in [-0.3, -0.25) is 14.9 Å². The summed E-state index contributed by atoms with van der Waals surface area (Å²) in [5.74, 6) is -0.629. The Balaban J connectivity index is 2.52. The SMILES string of the molecule is NC(=O)c1[nH]nc(-c2cccnc2)c1N. The zero-order valence-corrected chi connectivity index (χ0v) is 7.77. The van der Waals surface area contributed by atoms with Crippen molar-refractivity contribution in [2.24, 2.45) is 5.73 Å². The third-order valence-corrected chi connectivity index (χ3v) is 1.99. The normalized spacial score (nSPS) is 10.1. The average molecular weight is 203 g/mol. The molecule has 0 aliphatic heterocycles. The molecule has 0 saturated carbocycles. The minimum absolute atomic E-state index is 0.119. The Morgan fingerprint density at radius 2 is 2.27 bits per heavy atom. The standard InChI is InChI=1S/C9H9N5O/c10-6-7(5-2-1-3-12-4-5)13-14-8(6)9(11)15/h1-4H,10H2,(H2,11,15)(H,13,14). The van der Waals surface area contributed by atoms with E-state index >= 15 is 0 Å². The number of carbonyl (C=O) groups is 1. The van der Waals surface area contributed by atoms with Gasteiger partial charge in [0.15, 0.2) is 0 Å². The number of nitrogens with one attached hydrogen (secondary N) is 1. The third-order valence-electron chi connectivity index (χ3n) is 1.99. The molecule has 0 unspecified atom stereocenters. The van der Waals surface area contributed by atoms with Gasteiger partial charge in [0, 0.05) is 18.0 Å². The lowest BCUT2D eigenvalue weighted by atomic mass is 10.1. The molecule has 0 radical (unpaired) electrons. The Hall–Kier alpha value is -2.37. The van der Waals surface area contributed by atoms with Crippen molar-refractivity contribution >= 4 is 11.6 Å². The van der Waals surface area contributed by atoms with Crippen LogP contribution in [0.15, 0.2) is 24.5 Å². The van der Waals surface area contributed by atoms with E-state index in [1.807, 2.05) is 0 Å². The van der Waals surface area contributed by atoms with Crippen LogP contribution in [0.5, 0.6) is 0 Å². The largest absolute Gasteiger partial charge is 0.395 e. The highest BCUT2D eigenvalue weighted by Gasteiger charge is 2.15. The first-order valence-corrected chi connectivity index (χ1v) is 4.24. The summed E-state index contributed by atoms with van der Waals surface area (Å²) >= 11 is 0. The number of hydrogen-bond donors (Lipinski definition) is 3. The van der Waals surface area contributed by atoms with Crippen molar-refractivity contribution in [3.05, 3.63) is 30.2 Å². The van der Waals surface area contributed by atoms with Crippen molar-refractivity contribution in [3.8, 4) is 11.3 Å². The molecule has 0 aliphatic carbocycles. The molecule has 2 aromatic heterocycles. The van der Waals surface area contributed by atoms with Crippen LogP contribution in [0.3, 0.4) is 0 Å². The Labute approximate surface area is 85.3 Å². The number of primary amides is 1. The van der Waals surface area contributed by atoms with E-state index in [2.05, 4.69) is 15.2 Å². The van der Waals surface area contributed by atoms with E-state index in [0.717, 1.165) is 5.56 Å². The number of amides is 1. The van der Waals surface area contributed by atoms with Crippen LogP contribution in [-0.4, -0.2) is 21.1 Å². The summed E-state index contributed by atoms with van der Waals surface area (Å²) in [5, 5.41) is 6.41. The van der Waals surface area contributed by atoms with Crippen LogP contribution in [-0.2, 0) is 0 Å². The van der Waals surface area contributed by atoms with E-state index in [0.29, 0.717) is 5.69 Å². The molecular formula is C9H9N5O. The number of aromatic nitrogens is 3. The molecule has 2 aromatic rings. The summed E-state index contributed by atoms with van der Waals surface area (Å²) in [6.45, 7) is 0. The molecule has 0 atom stereocenters. The molecule has 0 spiro atoms. The van der Waals surface area contributed by atoms with Gasteiger partial charge in [0.25, 0.3) is 5.91 Å². The summed E-state index contributed by atoms with van der Waals surface area (Å²) in [7, 11) is 0. The van der Waals surface area contributed by atoms with Crippen LogP contribution in [0.25, 0.3) is 11.3 Å². The van der Waals surface area contributed by atoms with Crippen LogP contribution in [0.4, 0.5) is 5.69 Å². The molecule has 76 valence electrons. The fraction of sp³-hybridized carbons (Fsp3) is 0. The van der Waals surface area contributed by atoms with Crippen LogP contribution < -0.4 is 11.5 Å². The first-order chi connectivity index (χ1) is 7.20. The van der Waals surface area contributed by atoms with Gasteiger partial charge < -0.3 is 11.5 Å². The lowest BCUT2D eigenvalue weighted by molar-refractivity contribution is 0.0996. The summed E-state index contributed by atoms with van der Waals surface area (Å²) in [5.41, 5.74) is 12.4. The first-order valence-electron chi connectivity index (χ1n) is 4.24. The predicted octanol–water partition coefficient (Wildman–Crippen LogP) is 0.153. The van der Waals surface area contributed by atoms with Crippen molar-refractivity contribution in [1.29, 1.82) is 0 Å². The van der Waals surface area contributed by atoms with Gasteiger partial charge in [0.2, 0.25) is 0 Å². The number of nitrogens with zero attached hydrogens (tertiary/aromatic N) is 2. The average Bonchev–Trinajstić information content (AvgIpc) is 2.61. The molecule has 0 aliphatic rings. The van der Waals surface area contributed by atoms with Gasteiger partial charge in [-0.1, -0.05) is 0 Å².